The van der Waals surface area contributed by atoms with Crippen LogP contribution in [0, 0.1) is 0 Å². The van der Waals surface area contributed by atoms with Crippen LogP contribution in [-0.2, 0) is 29.2 Å². The first kappa shape index (κ1) is 25.4. The van der Waals surface area contributed by atoms with Crippen LogP contribution in [0.5, 0.6) is 0 Å². The zero-order valence-corrected chi connectivity index (χ0v) is 22.8. The number of fused-ring (bicyclic) bond motifs is 1. The molecular formula is C27H23BrN2O5S2. The maximum atomic E-state index is 13.2. The van der Waals surface area contributed by atoms with Crippen molar-refractivity contribution >= 4 is 53.9 Å². The van der Waals surface area contributed by atoms with E-state index >= 15 is 0 Å². The number of hydrogen-bond acceptors (Lipinski definition) is 6. The molecule has 0 saturated carbocycles. The topological polar surface area (TPSA) is 105 Å². The lowest BCUT2D eigenvalue weighted by molar-refractivity contribution is 0.0951. The highest BCUT2D eigenvalue weighted by molar-refractivity contribution is 9.10. The highest BCUT2D eigenvalue weighted by atomic mass is 79.9. The number of thiophene rings is 1. The highest BCUT2D eigenvalue weighted by Crippen LogP contribution is 2.38. The number of amides is 2. The van der Waals surface area contributed by atoms with E-state index < -0.39 is 15.7 Å². The number of carbonyl (C=O) groups excluding carboxylic acids is 2. The van der Waals surface area contributed by atoms with E-state index in [4.69, 9.17) is 4.42 Å². The van der Waals surface area contributed by atoms with Crippen LogP contribution >= 0.6 is 27.3 Å². The minimum Gasteiger partial charge on any atom is -0.439 e. The van der Waals surface area contributed by atoms with Gasteiger partial charge in [-0.1, -0.05) is 46.3 Å². The highest BCUT2D eigenvalue weighted by Gasteiger charge is 2.28. The Hall–Kier alpha value is -3.21. The van der Waals surface area contributed by atoms with E-state index in [0.717, 1.165) is 46.2 Å². The molecule has 0 unspecified atom stereocenters. The summed E-state index contributed by atoms with van der Waals surface area (Å²) in [5, 5.41) is 5.87. The van der Waals surface area contributed by atoms with E-state index in [0.29, 0.717) is 17.1 Å². The second-order valence-electron chi connectivity index (χ2n) is 8.61. The summed E-state index contributed by atoms with van der Waals surface area (Å²) < 4.78 is 32.0. The Kier molecular flexibility index (Phi) is 7.32. The number of aryl methyl sites for hydroxylation is 1. The number of rotatable bonds is 7. The molecule has 2 heterocycles. The van der Waals surface area contributed by atoms with Gasteiger partial charge in [0.2, 0.25) is 14.9 Å². The number of furan rings is 1. The second kappa shape index (κ2) is 10.6. The fraction of sp³-hybridized carbons (Fsp3) is 0.185. The molecule has 2 aromatic heterocycles. The summed E-state index contributed by atoms with van der Waals surface area (Å²) >= 11 is 4.67. The van der Waals surface area contributed by atoms with Crippen LogP contribution in [0.4, 0.5) is 5.00 Å². The van der Waals surface area contributed by atoms with Crippen LogP contribution in [0.15, 0.2) is 85.6 Å². The Morgan fingerprint density at radius 3 is 2.41 bits per heavy atom. The third kappa shape index (κ3) is 5.41. The summed E-state index contributed by atoms with van der Waals surface area (Å²) in [5.74, 6) is -1.03. The Bertz CT molecular complexity index is 1560. The molecule has 0 aliphatic heterocycles. The van der Waals surface area contributed by atoms with Gasteiger partial charge in [-0.25, -0.2) is 8.42 Å². The molecule has 7 nitrogen and oxygen atoms in total. The van der Waals surface area contributed by atoms with Gasteiger partial charge in [0.15, 0.2) is 5.76 Å². The fourth-order valence-electron chi connectivity index (χ4n) is 4.24. The SMILES string of the molecule is O=C(Nc1sc2c(c1C(=O)NCc1ccccc1)CCCC2)c1ccc(S(=O)(=O)c2ccc(Br)cc2)o1. The average molecular weight is 600 g/mol. The molecule has 4 aromatic rings. The summed E-state index contributed by atoms with van der Waals surface area (Å²) in [5.41, 5.74) is 2.41. The zero-order valence-electron chi connectivity index (χ0n) is 19.6. The van der Waals surface area contributed by atoms with Crippen molar-refractivity contribution in [3.8, 4) is 0 Å². The smallest absolute Gasteiger partial charge is 0.292 e. The van der Waals surface area contributed by atoms with Crippen LogP contribution in [0.3, 0.4) is 0 Å². The fourth-order valence-corrected chi connectivity index (χ4v) is 6.96. The number of nitrogens with one attached hydrogen (secondary N) is 2. The second-order valence-corrected chi connectivity index (χ2v) is 12.5. The molecule has 0 saturated heterocycles. The number of halogens is 1. The molecule has 10 heteroatoms. The van der Waals surface area contributed by atoms with E-state index in [1.54, 1.807) is 12.1 Å². The van der Waals surface area contributed by atoms with Crippen LogP contribution in [-0.4, -0.2) is 20.2 Å². The number of carbonyl (C=O) groups is 2. The van der Waals surface area contributed by atoms with Crippen LogP contribution < -0.4 is 10.6 Å². The van der Waals surface area contributed by atoms with Crippen molar-refractivity contribution in [2.45, 2.75) is 42.2 Å². The van der Waals surface area contributed by atoms with Crippen LogP contribution in [0.25, 0.3) is 0 Å². The van der Waals surface area contributed by atoms with Gasteiger partial charge in [-0.05, 0) is 73.2 Å². The molecule has 190 valence electrons. The number of hydrogen-bond donors (Lipinski definition) is 2. The molecule has 0 radical (unpaired) electrons. The standard InChI is InChI=1S/C27H23BrN2O5S2/c28-18-10-12-19(13-11-18)37(33,34)23-15-14-21(35-23)25(31)30-27-24(20-8-4-5-9-22(20)36-27)26(32)29-16-17-6-2-1-3-7-17/h1-3,6-7,10-15H,4-5,8-9,16H2,(H,29,32)(H,30,31). The molecule has 0 fully saturated rings. The zero-order chi connectivity index (χ0) is 26.0. The van der Waals surface area contributed by atoms with Crippen molar-refractivity contribution in [1.29, 1.82) is 0 Å². The molecule has 1 aliphatic carbocycles. The van der Waals surface area contributed by atoms with Crippen molar-refractivity contribution < 1.29 is 22.4 Å². The maximum absolute atomic E-state index is 13.2. The quantitative estimate of drug-likeness (QED) is 0.271. The van der Waals surface area contributed by atoms with Crippen molar-refractivity contribution in [3.05, 3.63) is 98.5 Å². The number of benzene rings is 2. The van der Waals surface area contributed by atoms with Gasteiger partial charge in [-0.15, -0.1) is 11.3 Å². The number of sulfone groups is 1. The molecule has 1 aliphatic rings. The summed E-state index contributed by atoms with van der Waals surface area (Å²) in [4.78, 5) is 27.5. The number of anilines is 1. The van der Waals surface area contributed by atoms with Crippen LogP contribution in [0.1, 0.15) is 49.8 Å². The maximum Gasteiger partial charge on any atom is 0.292 e. The Labute approximate surface area is 227 Å². The monoisotopic (exact) mass is 598 g/mol. The Balaban J connectivity index is 1.38. The summed E-state index contributed by atoms with van der Waals surface area (Å²) in [6, 6.07) is 18.3. The van der Waals surface area contributed by atoms with E-state index in [9.17, 15) is 18.0 Å². The van der Waals surface area contributed by atoms with Gasteiger partial charge in [0.1, 0.15) is 5.00 Å². The van der Waals surface area contributed by atoms with Crippen molar-refractivity contribution in [2.75, 3.05) is 5.32 Å². The minimum absolute atomic E-state index is 0.0558. The van der Waals surface area contributed by atoms with Gasteiger partial charge in [0, 0.05) is 15.9 Å². The average Bonchev–Trinajstić information content (AvgIpc) is 3.54. The summed E-state index contributed by atoms with van der Waals surface area (Å²) in [7, 11) is -3.93. The van der Waals surface area contributed by atoms with E-state index in [2.05, 4.69) is 26.6 Å². The van der Waals surface area contributed by atoms with Gasteiger partial charge in [0.25, 0.3) is 11.8 Å². The Morgan fingerprint density at radius 1 is 0.919 bits per heavy atom. The van der Waals surface area contributed by atoms with Gasteiger partial charge in [0.05, 0.1) is 10.5 Å². The first-order valence-corrected chi connectivity index (χ1v) is 14.8. The Morgan fingerprint density at radius 2 is 1.65 bits per heavy atom. The van der Waals surface area contributed by atoms with Gasteiger partial charge in [-0.3, -0.25) is 9.59 Å². The van der Waals surface area contributed by atoms with Crippen molar-refractivity contribution in [2.24, 2.45) is 0 Å². The van der Waals surface area contributed by atoms with E-state index in [-0.39, 0.29) is 21.7 Å². The predicted octanol–water partition coefficient (Wildman–Crippen LogP) is 6.00. The van der Waals surface area contributed by atoms with Crippen molar-refractivity contribution in [3.63, 3.8) is 0 Å². The lowest BCUT2D eigenvalue weighted by atomic mass is 9.95. The third-order valence-electron chi connectivity index (χ3n) is 6.12. The molecule has 2 N–H and O–H groups in total. The van der Waals surface area contributed by atoms with E-state index in [1.165, 1.54) is 35.6 Å². The molecule has 2 amide bonds. The first-order chi connectivity index (χ1) is 17.8. The third-order valence-corrected chi connectivity index (χ3v) is 9.49. The van der Waals surface area contributed by atoms with Crippen molar-refractivity contribution in [1.82, 2.24) is 5.32 Å². The molecule has 0 atom stereocenters. The lowest BCUT2D eigenvalue weighted by Crippen LogP contribution is -2.25. The minimum atomic E-state index is -3.93. The molecular weight excluding hydrogens is 576 g/mol. The van der Waals surface area contributed by atoms with Gasteiger partial charge >= 0.3 is 0 Å². The molecule has 2 aromatic carbocycles. The lowest BCUT2D eigenvalue weighted by Gasteiger charge is -2.13. The largest absolute Gasteiger partial charge is 0.439 e. The molecule has 5 rings (SSSR count). The summed E-state index contributed by atoms with van der Waals surface area (Å²) in [6.45, 7) is 0.368. The van der Waals surface area contributed by atoms with Crippen LogP contribution in [0.2, 0.25) is 0 Å². The van der Waals surface area contributed by atoms with E-state index in [1.807, 2.05) is 30.3 Å². The molecule has 37 heavy (non-hydrogen) atoms. The molecule has 0 bridgehead atoms. The van der Waals surface area contributed by atoms with Gasteiger partial charge in [-0.2, -0.15) is 0 Å². The predicted molar refractivity (Wildman–Crippen MR) is 145 cm³/mol. The first-order valence-electron chi connectivity index (χ1n) is 11.7. The van der Waals surface area contributed by atoms with Gasteiger partial charge < -0.3 is 15.1 Å². The summed E-state index contributed by atoms with van der Waals surface area (Å²) in [6.07, 6.45) is 3.63. The molecule has 0 spiro atoms. The normalized spacial score (nSPS) is 13.1.